The molecular weight excluding hydrogens is 152 g/mol. The summed E-state index contributed by atoms with van der Waals surface area (Å²) >= 11 is 0. The van der Waals surface area contributed by atoms with Crippen molar-refractivity contribution in [1.29, 1.82) is 0 Å². The lowest BCUT2D eigenvalue weighted by Crippen LogP contribution is -1.95. The molecule has 0 bridgehead atoms. The summed E-state index contributed by atoms with van der Waals surface area (Å²) in [6, 6.07) is 0. The van der Waals surface area contributed by atoms with E-state index in [9.17, 15) is 4.79 Å². The van der Waals surface area contributed by atoms with Crippen molar-refractivity contribution in [1.82, 2.24) is 0 Å². The number of carbonyl (C=O) groups is 1. The number of hydrogen-bond donors (Lipinski definition) is 1. The highest BCUT2D eigenvalue weighted by molar-refractivity contribution is 5.97. The molecule has 1 N–H and O–H groups in total. The van der Waals surface area contributed by atoms with Crippen LogP contribution in [0.15, 0.2) is 11.6 Å². The molecule has 1 rings (SSSR count). The molecule has 0 spiro atoms. The average molecular weight is 168 g/mol. The number of allylic oxidation sites excluding steroid dienone is 2. The van der Waals surface area contributed by atoms with Gasteiger partial charge in [0.05, 0.1) is 0 Å². The maximum absolute atomic E-state index is 11.1. The second-order valence-electron chi connectivity index (χ2n) is 3.23. The van der Waals surface area contributed by atoms with Gasteiger partial charge >= 0.3 is 0 Å². The van der Waals surface area contributed by atoms with E-state index >= 15 is 0 Å². The standard InChI is InChI=1S/C10H16O2/c11-8-3-1-2-5-9-6-4-7-10(9)12/h6,11H,1-5,7-8H2. The van der Waals surface area contributed by atoms with Crippen molar-refractivity contribution in [2.45, 2.75) is 38.5 Å². The molecule has 0 amide bonds. The minimum absolute atomic E-state index is 0.271. The second-order valence-corrected chi connectivity index (χ2v) is 3.23. The highest BCUT2D eigenvalue weighted by atomic mass is 16.2. The van der Waals surface area contributed by atoms with Crippen LogP contribution < -0.4 is 0 Å². The minimum atomic E-state index is 0.271. The van der Waals surface area contributed by atoms with E-state index in [1.54, 1.807) is 0 Å². The fourth-order valence-electron chi connectivity index (χ4n) is 1.50. The number of aliphatic hydroxyl groups is 1. The Morgan fingerprint density at radius 3 is 2.75 bits per heavy atom. The van der Waals surface area contributed by atoms with E-state index in [1.165, 1.54) is 0 Å². The molecule has 0 radical (unpaired) electrons. The summed E-state index contributed by atoms with van der Waals surface area (Å²) in [5, 5.41) is 8.53. The quantitative estimate of drug-likeness (QED) is 0.636. The summed E-state index contributed by atoms with van der Waals surface area (Å²) in [5.41, 5.74) is 1.02. The molecule has 12 heavy (non-hydrogen) atoms. The van der Waals surface area contributed by atoms with Gasteiger partial charge < -0.3 is 5.11 Å². The van der Waals surface area contributed by atoms with Crippen LogP contribution in [0.4, 0.5) is 0 Å². The lowest BCUT2D eigenvalue weighted by atomic mass is 10.1. The molecule has 0 aromatic rings. The van der Waals surface area contributed by atoms with Crippen LogP contribution in [0.3, 0.4) is 0 Å². The van der Waals surface area contributed by atoms with Crippen LogP contribution in [0.1, 0.15) is 38.5 Å². The summed E-state index contributed by atoms with van der Waals surface area (Å²) < 4.78 is 0. The van der Waals surface area contributed by atoms with Crippen LogP contribution in [0.25, 0.3) is 0 Å². The molecule has 0 saturated heterocycles. The average Bonchev–Trinajstić information content (AvgIpc) is 2.46. The largest absolute Gasteiger partial charge is 0.396 e. The Hall–Kier alpha value is -0.630. The molecule has 0 aromatic carbocycles. The van der Waals surface area contributed by atoms with Gasteiger partial charge in [0.25, 0.3) is 0 Å². The van der Waals surface area contributed by atoms with E-state index in [1.807, 2.05) is 0 Å². The van der Waals surface area contributed by atoms with Crippen molar-refractivity contribution < 1.29 is 9.90 Å². The first-order valence-electron chi connectivity index (χ1n) is 4.67. The van der Waals surface area contributed by atoms with Crippen molar-refractivity contribution in [3.05, 3.63) is 11.6 Å². The third kappa shape index (κ3) is 2.78. The number of ketones is 1. The molecule has 0 saturated carbocycles. The van der Waals surface area contributed by atoms with Crippen molar-refractivity contribution in [3.8, 4) is 0 Å². The number of Topliss-reactive ketones (excluding diaryl/α,β-unsaturated/α-hetero) is 1. The van der Waals surface area contributed by atoms with Gasteiger partial charge in [-0.3, -0.25) is 4.79 Å². The highest BCUT2D eigenvalue weighted by Gasteiger charge is 2.13. The molecule has 0 fully saturated rings. The smallest absolute Gasteiger partial charge is 0.158 e. The van der Waals surface area contributed by atoms with Gasteiger partial charge in [0.15, 0.2) is 5.78 Å². The first kappa shape index (κ1) is 9.46. The van der Waals surface area contributed by atoms with Gasteiger partial charge in [0.2, 0.25) is 0 Å². The zero-order valence-electron chi connectivity index (χ0n) is 7.38. The van der Waals surface area contributed by atoms with E-state index in [0.717, 1.165) is 44.1 Å². The van der Waals surface area contributed by atoms with Gasteiger partial charge in [-0.25, -0.2) is 0 Å². The Bertz CT molecular complexity index is 182. The van der Waals surface area contributed by atoms with Crippen molar-refractivity contribution in [2.75, 3.05) is 6.61 Å². The molecule has 0 heterocycles. The lowest BCUT2D eigenvalue weighted by molar-refractivity contribution is -0.115. The molecule has 1 aliphatic carbocycles. The van der Waals surface area contributed by atoms with Crippen molar-refractivity contribution in [3.63, 3.8) is 0 Å². The van der Waals surface area contributed by atoms with Gasteiger partial charge in [-0.1, -0.05) is 12.5 Å². The van der Waals surface area contributed by atoms with E-state index in [4.69, 9.17) is 5.11 Å². The SMILES string of the molecule is O=C1CCC=C1CCCCCO. The van der Waals surface area contributed by atoms with E-state index in [-0.39, 0.29) is 6.61 Å². The molecule has 0 unspecified atom stereocenters. The topological polar surface area (TPSA) is 37.3 Å². The van der Waals surface area contributed by atoms with Crippen molar-refractivity contribution in [2.24, 2.45) is 0 Å². The van der Waals surface area contributed by atoms with Crippen LogP contribution in [-0.4, -0.2) is 17.5 Å². The van der Waals surface area contributed by atoms with Gasteiger partial charge in [0, 0.05) is 13.0 Å². The lowest BCUT2D eigenvalue weighted by Gasteiger charge is -1.99. The van der Waals surface area contributed by atoms with Crippen LogP contribution in [-0.2, 0) is 4.79 Å². The minimum Gasteiger partial charge on any atom is -0.396 e. The molecule has 2 nitrogen and oxygen atoms in total. The van der Waals surface area contributed by atoms with Gasteiger partial charge in [0.1, 0.15) is 0 Å². The number of aliphatic hydroxyl groups excluding tert-OH is 1. The number of carbonyl (C=O) groups excluding carboxylic acids is 1. The molecule has 0 atom stereocenters. The Morgan fingerprint density at radius 2 is 2.17 bits per heavy atom. The van der Waals surface area contributed by atoms with Gasteiger partial charge in [-0.05, 0) is 31.3 Å². The van der Waals surface area contributed by atoms with E-state index < -0.39 is 0 Å². The van der Waals surface area contributed by atoms with Crippen LogP contribution in [0.2, 0.25) is 0 Å². The van der Waals surface area contributed by atoms with Crippen molar-refractivity contribution >= 4 is 5.78 Å². The zero-order chi connectivity index (χ0) is 8.81. The van der Waals surface area contributed by atoms with Crippen LogP contribution >= 0.6 is 0 Å². The van der Waals surface area contributed by atoms with Gasteiger partial charge in [-0.15, -0.1) is 0 Å². The zero-order valence-corrected chi connectivity index (χ0v) is 7.38. The second kappa shape index (κ2) is 5.09. The van der Waals surface area contributed by atoms with E-state index in [2.05, 4.69) is 6.08 Å². The Balaban J connectivity index is 2.10. The first-order valence-corrected chi connectivity index (χ1v) is 4.67. The monoisotopic (exact) mass is 168 g/mol. The summed E-state index contributed by atoms with van der Waals surface area (Å²) in [4.78, 5) is 11.1. The Kier molecular flexibility index (Phi) is 4.01. The molecule has 68 valence electrons. The van der Waals surface area contributed by atoms with Crippen LogP contribution in [0, 0.1) is 0 Å². The summed E-state index contributed by atoms with van der Waals surface area (Å²) in [7, 11) is 0. The van der Waals surface area contributed by atoms with Gasteiger partial charge in [-0.2, -0.15) is 0 Å². The summed E-state index contributed by atoms with van der Waals surface area (Å²) in [6.07, 6.45) is 7.56. The molecule has 0 aliphatic heterocycles. The maximum atomic E-state index is 11.1. The number of unbranched alkanes of at least 4 members (excludes halogenated alkanes) is 2. The normalized spacial score (nSPS) is 16.8. The summed E-state index contributed by atoms with van der Waals surface area (Å²) in [6.45, 7) is 0.271. The fourth-order valence-corrected chi connectivity index (χ4v) is 1.50. The predicted octanol–water partition coefficient (Wildman–Crippen LogP) is 1.83. The molecule has 1 aliphatic rings. The Morgan fingerprint density at radius 1 is 1.33 bits per heavy atom. The maximum Gasteiger partial charge on any atom is 0.158 e. The van der Waals surface area contributed by atoms with Crippen LogP contribution in [0.5, 0.6) is 0 Å². The fraction of sp³-hybridized carbons (Fsp3) is 0.700. The highest BCUT2D eigenvalue weighted by Crippen LogP contribution is 2.19. The molecule has 0 aromatic heterocycles. The first-order chi connectivity index (χ1) is 5.84. The third-order valence-electron chi connectivity index (χ3n) is 2.22. The number of rotatable bonds is 5. The molecular formula is C10H16O2. The van der Waals surface area contributed by atoms with E-state index in [0.29, 0.717) is 5.78 Å². The third-order valence-corrected chi connectivity index (χ3v) is 2.22. The molecule has 2 heteroatoms. The summed E-state index contributed by atoms with van der Waals surface area (Å²) in [5.74, 6) is 0.332. The number of hydrogen-bond acceptors (Lipinski definition) is 2. The Labute approximate surface area is 73.3 Å². The predicted molar refractivity (Wildman–Crippen MR) is 47.9 cm³/mol.